The standard InChI is InChI=1S/C22H21FN2O2/c23-17-6-4-16(5-7-17)20-12-13-21(27-20)22(26)24-18-8-10-19(11-9-18)25-14-2-1-3-15-25/h4-13H,1-3,14-15H2,(H,24,26). The Labute approximate surface area is 157 Å². The van der Waals surface area contributed by atoms with Gasteiger partial charge in [0.1, 0.15) is 11.6 Å². The van der Waals surface area contributed by atoms with Crippen molar-refractivity contribution in [2.24, 2.45) is 0 Å². The molecule has 1 amide bonds. The number of nitrogens with zero attached hydrogens (tertiary/aromatic N) is 1. The average molecular weight is 364 g/mol. The van der Waals surface area contributed by atoms with Crippen molar-refractivity contribution in [2.45, 2.75) is 19.3 Å². The van der Waals surface area contributed by atoms with Gasteiger partial charge in [-0.2, -0.15) is 0 Å². The van der Waals surface area contributed by atoms with Crippen LogP contribution in [0.5, 0.6) is 0 Å². The first-order valence-electron chi connectivity index (χ1n) is 9.21. The molecule has 2 aromatic carbocycles. The number of carbonyl (C=O) groups is 1. The first-order valence-corrected chi connectivity index (χ1v) is 9.21. The molecule has 3 aromatic rings. The molecule has 0 bridgehead atoms. The molecule has 4 nitrogen and oxygen atoms in total. The number of halogens is 1. The van der Waals surface area contributed by atoms with Gasteiger partial charge in [-0.1, -0.05) is 0 Å². The highest BCUT2D eigenvalue weighted by atomic mass is 19.1. The average Bonchev–Trinajstić information content (AvgIpc) is 3.20. The Morgan fingerprint density at radius 1 is 0.889 bits per heavy atom. The lowest BCUT2D eigenvalue weighted by Gasteiger charge is -2.28. The van der Waals surface area contributed by atoms with E-state index in [4.69, 9.17) is 4.42 Å². The van der Waals surface area contributed by atoms with Gasteiger partial charge >= 0.3 is 0 Å². The summed E-state index contributed by atoms with van der Waals surface area (Å²) < 4.78 is 18.6. The van der Waals surface area contributed by atoms with Gasteiger partial charge in [0.25, 0.3) is 5.91 Å². The predicted octanol–water partition coefficient (Wildman–Crippen LogP) is 5.33. The van der Waals surface area contributed by atoms with E-state index < -0.39 is 0 Å². The van der Waals surface area contributed by atoms with Crippen LogP contribution in [0.15, 0.2) is 65.1 Å². The molecule has 1 aliphatic rings. The molecule has 1 saturated heterocycles. The summed E-state index contributed by atoms with van der Waals surface area (Å²) in [5, 5.41) is 2.85. The molecule has 1 aromatic heterocycles. The Balaban J connectivity index is 1.42. The van der Waals surface area contributed by atoms with Gasteiger partial charge in [-0.15, -0.1) is 0 Å². The van der Waals surface area contributed by atoms with Crippen LogP contribution in [0.25, 0.3) is 11.3 Å². The summed E-state index contributed by atoms with van der Waals surface area (Å²) in [5.41, 5.74) is 2.63. The zero-order valence-corrected chi connectivity index (χ0v) is 15.0. The second kappa shape index (κ2) is 7.66. The Morgan fingerprint density at radius 3 is 2.30 bits per heavy atom. The third kappa shape index (κ3) is 4.03. The van der Waals surface area contributed by atoms with Gasteiger partial charge in [0, 0.05) is 30.0 Å². The van der Waals surface area contributed by atoms with E-state index in [0.717, 1.165) is 24.3 Å². The third-order valence-corrected chi connectivity index (χ3v) is 4.80. The van der Waals surface area contributed by atoms with Gasteiger partial charge in [-0.3, -0.25) is 4.79 Å². The molecule has 4 rings (SSSR count). The molecule has 5 heteroatoms. The Morgan fingerprint density at radius 2 is 1.59 bits per heavy atom. The number of anilines is 2. The van der Waals surface area contributed by atoms with Gasteiger partial charge in [0.2, 0.25) is 0 Å². The summed E-state index contributed by atoms with van der Waals surface area (Å²) in [4.78, 5) is 14.8. The second-order valence-electron chi connectivity index (χ2n) is 6.72. The van der Waals surface area contributed by atoms with Crippen LogP contribution in [-0.2, 0) is 0 Å². The molecule has 1 N–H and O–H groups in total. The minimum atomic E-state index is -0.311. The fourth-order valence-corrected chi connectivity index (χ4v) is 3.33. The summed E-state index contributed by atoms with van der Waals surface area (Å²) in [6, 6.07) is 17.2. The molecule has 2 heterocycles. The van der Waals surface area contributed by atoms with Crippen molar-refractivity contribution in [3.63, 3.8) is 0 Å². The largest absolute Gasteiger partial charge is 0.451 e. The molecule has 0 atom stereocenters. The molecule has 1 fully saturated rings. The number of nitrogens with one attached hydrogen (secondary N) is 1. The fraction of sp³-hybridized carbons (Fsp3) is 0.227. The van der Waals surface area contributed by atoms with Crippen LogP contribution in [0, 0.1) is 5.82 Å². The number of piperidine rings is 1. The number of hydrogen-bond acceptors (Lipinski definition) is 3. The monoisotopic (exact) mass is 364 g/mol. The van der Waals surface area contributed by atoms with Crippen molar-refractivity contribution in [1.29, 1.82) is 0 Å². The molecule has 0 radical (unpaired) electrons. The number of benzene rings is 2. The summed E-state index contributed by atoms with van der Waals surface area (Å²) in [6.07, 6.45) is 3.76. The van der Waals surface area contributed by atoms with Crippen LogP contribution in [0.4, 0.5) is 15.8 Å². The maximum absolute atomic E-state index is 13.0. The number of furan rings is 1. The van der Waals surface area contributed by atoms with Crippen molar-refractivity contribution >= 4 is 17.3 Å². The molecule has 138 valence electrons. The predicted molar refractivity (Wildman–Crippen MR) is 105 cm³/mol. The highest BCUT2D eigenvalue weighted by Gasteiger charge is 2.14. The van der Waals surface area contributed by atoms with Gasteiger partial charge in [-0.25, -0.2) is 4.39 Å². The summed E-state index contributed by atoms with van der Waals surface area (Å²) in [7, 11) is 0. The van der Waals surface area contributed by atoms with Gasteiger partial charge in [0.15, 0.2) is 5.76 Å². The van der Waals surface area contributed by atoms with E-state index in [0.29, 0.717) is 5.76 Å². The van der Waals surface area contributed by atoms with Crippen molar-refractivity contribution in [3.05, 3.63) is 72.2 Å². The molecule has 0 saturated carbocycles. The molecule has 27 heavy (non-hydrogen) atoms. The molecular weight excluding hydrogens is 343 g/mol. The summed E-state index contributed by atoms with van der Waals surface area (Å²) >= 11 is 0. The van der Waals surface area contributed by atoms with Crippen LogP contribution in [0.3, 0.4) is 0 Å². The molecule has 1 aliphatic heterocycles. The Bertz CT molecular complexity index is 910. The summed E-state index contributed by atoms with van der Waals surface area (Å²) in [6.45, 7) is 2.18. The SMILES string of the molecule is O=C(Nc1ccc(N2CCCCC2)cc1)c1ccc(-c2ccc(F)cc2)o1. The Hall–Kier alpha value is -3.08. The zero-order chi connectivity index (χ0) is 18.6. The van der Waals surface area contributed by atoms with Crippen molar-refractivity contribution in [3.8, 4) is 11.3 Å². The van der Waals surface area contributed by atoms with Gasteiger partial charge in [-0.05, 0) is 79.9 Å². The van der Waals surface area contributed by atoms with Gasteiger partial charge < -0.3 is 14.6 Å². The topological polar surface area (TPSA) is 45.5 Å². The minimum absolute atomic E-state index is 0.217. The quantitative estimate of drug-likeness (QED) is 0.681. The smallest absolute Gasteiger partial charge is 0.291 e. The van der Waals surface area contributed by atoms with E-state index in [1.54, 1.807) is 24.3 Å². The highest BCUT2D eigenvalue weighted by molar-refractivity contribution is 6.02. The molecule has 0 spiro atoms. The lowest BCUT2D eigenvalue weighted by atomic mass is 10.1. The van der Waals surface area contributed by atoms with Crippen molar-refractivity contribution in [1.82, 2.24) is 0 Å². The van der Waals surface area contributed by atoms with Crippen LogP contribution in [0.2, 0.25) is 0 Å². The van der Waals surface area contributed by atoms with Crippen molar-refractivity contribution < 1.29 is 13.6 Å². The van der Waals surface area contributed by atoms with Gasteiger partial charge in [0.05, 0.1) is 0 Å². The maximum Gasteiger partial charge on any atom is 0.291 e. The Kier molecular flexibility index (Phi) is 4.92. The maximum atomic E-state index is 13.0. The fourth-order valence-electron chi connectivity index (χ4n) is 3.33. The van der Waals surface area contributed by atoms with E-state index in [2.05, 4.69) is 10.2 Å². The zero-order valence-electron chi connectivity index (χ0n) is 15.0. The van der Waals surface area contributed by atoms with Crippen LogP contribution in [0.1, 0.15) is 29.8 Å². The molecular formula is C22H21FN2O2. The first kappa shape index (κ1) is 17.3. The second-order valence-corrected chi connectivity index (χ2v) is 6.72. The highest BCUT2D eigenvalue weighted by Crippen LogP contribution is 2.24. The summed E-state index contributed by atoms with van der Waals surface area (Å²) in [5.74, 6) is 0.125. The van der Waals surface area contributed by atoms with E-state index >= 15 is 0 Å². The third-order valence-electron chi connectivity index (χ3n) is 4.80. The molecule has 0 unspecified atom stereocenters. The molecule has 0 aliphatic carbocycles. The van der Waals surface area contributed by atoms with Crippen LogP contribution in [-0.4, -0.2) is 19.0 Å². The number of rotatable bonds is 4. The van der Waals surface area contributed by atoms with E-state index in [1.165, 1.54) is 37.1 Å². The normalized spacial score (nSPS) is 14.2. The minimum Gasteiger partial charge on any atom is -0.451 e. The number of amides is 1. The number of hydrogen-bond donors (Lipinski definition) is 1. The van der Waals surface area contributed by atoms with Crippen molar-refractivity contribution in [2.75, 3.05) is 23.3 Å². The van der Waals surface area contributed by atoms with E-state index in [1.807, 2.05) is 24.3 Å². The number of carbonyl (C=O) groups excluding carboxylic acids is 1. The van der Waals surface area contributed by atoms with Crippen LogP contribution >= 0.6 is 0 Å². The van der Waals surface area contributed by atoms with E-state index in [9.17, 15) is 9.18 Å². The lowest BCUT2D eigenvalue weighted by molar-refractivity contribution is 0.0997. The van der Waals surface area contributed by atoms with E-state index in [-0.39, 0.29) is 17.5 Å². The van der Waals surface area contributed by atoms with Crippen LogP contribution < -0.4 is 10.2 Å². The lowest BCUT2D eigenvalue weighted by Crippen LogP contribution is -2.29. The first-order chi connectivity index (χ1) is 13.2.